The van der Waals surface area contributed by atoms with Crippen LogP contribution in [0.25, 0.3) is 0 Å². The number of rotatable bonds is 4. The van der Waals surface area contributed by atoms with E-state index in [2.05, 4.69) is 13.0 Å². The summed E-state index contributed by atoms with van der Waals surface area (Å²) in [5, 5.41) is 9.37. The molecule has 0 aromatic heterocycles. The van der Waals surface area contributed by atoms with Crippen molar-refractivity contribution in [3.63, 3.8) is 0 Å². The molecule has 1 aliphatic heterocycles. The summed E-state index contributed by atoms with van der Waals surface area (Å²) in [6.45, 7) is 3.74. The van der Waals surface area contributed by atoms with Gasteiger partial charge in [0, 0.05) is 19.5 Å². The lowest BCUT2D eigenvalue weighted by Crippen LogP contribution is -2.41. The third-order valence-corrected chi connectivity index (χ3v) is 4.17. The second-order valence-electron chi connectivity index (χ2n) is 5.71. The molecule has 1 aliphatic rings. The number of likely N-dealkylation sites (tertiary alicyclic amines) is 1. The van der Waals surface area contributed by atoms with E-state index in [1.165, 1.54) is 0 Å². The van der Waals surface area contributed by atoms with Crippen molar-refractivity contribution in [3.05, 3.63) is 29.8 Å². The molecule has 1 saturated heterocycles. The van der Waals surface area contributed by atoms with Crippen molar-refractivity contribution in [1.82, 2.24) is 4.90 Å². The molecule has 0 spiro atoms. The fraction of sp³-hybridized carbons (Fsp3) is 0.529. The van der Waals surface area contributed by atoms with Crippen LogP contribution in [-0.2, 0) is 11.2 Å². The Hall–Kier alpha value is -2.02. The van der Waals surface area contributed by atoms with Gasteiger partial charge in [0.05, 0.1) is 13.2 Å². The molecule has 0 aliphatic carbocycles. The van der Waals surface area contributed by atoms with Crippen LogP contribution in [0.3, 0.4) is 0 Å². The van der Waals surface area contributed by atoms with Crippen molar-refractivity contribution in [1.29, 1.82) is 5.26 Å². The molecule has 0 saturated carbocycles. The van der Waals surface area contributed by atoms with Crippen LogP contribution in [0.15, 0.2) is 24.3 Å². The number of ether oxygens (including phenoxy) is 1. The highest BCUT2D eigenvalue weighted by atomic mass is 16.5. The molecule has 0 radical (unpaired) electrons. The lowest BCUT2D eigenvalue weighted by molar-refractivity contribution is -0.135. The number of piperidine rings is 1. The average Bonchev–Trinajstić information content (AvgIpc) is 2.53. The Bertz CT molecular complexity index is 528. The van der Waals surface area contributed by atoms with E-state index in [1.807, 2.05) is 29.2 Å². The number of carbonyl (C=O) groups is 1. The zero-order valence-electron chi connectivity index (χ0n) is 12.7. The Morgan fingerprint density at radius 2 is 2.10 bits per heavy atom. The van der Waals surface area contributed by atoms with E-state index < -0.39 is 5.92 Å². The van der Waals surface area contributed by atoms with Gasteiger partial charge in [0.2, 0.25) is 5.91 Å². The van der Waals surface area contributed by atoms with Gasteiger partial charge in [-0.05, 0) is 30.4 Å². The van der Waals surface area contributed by atoms with Crippen LogP contribution in [0.1, 0.15) is 25.3 Å². The van der Waals surface area contributed by atoms with E-state index in [1.54, 1.807) is 7.11 Å². The minimum atomic E-state index is -0.630. The predicted molar refractivity (Wildman–Crippen MR) is 80.8 cm³/mol. The Kier molecular flexibility index (Phi) is 5.21. The van der Waals surface area contributed by atoms with Crippen LogP contribution in [0.4, 0.5) is 0 Å². The van der Waals surface area contributed by atoms with Crippen molar-refractivity contribution >= 4 is 5.91 Å². The number of methoxy groups -OCH3 is 1. The van der Waals surface area contributed by atoms with E-state index in [0.717, 1.165) is 37.2 Å². The molecule has 1 unspecified atom stereocenters. The van der Waals surface area contributed by atoms with Crippen LogP contribution < -0.4 is 4.74 Å². The summed E-state index contributed by atoms with van der Waals surface area (Å²) < 4.78 is 5.30. The van der Waals surface area contributed by atoms with Crippen molar-refractivity contribution in [3.8, 4) is 11.8 Å². The fourth-order valence-corrected chi connectivity index (χ4v) is 2.73. The summed E-state index contributed by atoms with van der Waals surface area (Å²) in [6, 6.07) is 9.72. The summed E-state index contributed by atoms with van der Waals surface area (Å²) in [4.78, 5) is 14.3. The molecule has 1 atom stereocenters. The Morgan fingerprint density at radius 3 is 2.71 bits per heavy atom. The van der Waals surface area contributed by atoms with E-state index >= 15 is 0 Å². The highest BCUT2D eigenvalue weighted by Gasteiger charge is 2.27. The molecule has 112 valence electrons. The minimum Gasteiger partial charge on any atom is -0.496 e. The average molecular weight is 286 g/mol. The molecular formula is C17H22N2O2. The minimum absolute atomic E-state index is 0.0460. The molecule has 1 aromatic carbocycles. The third kappa shape index (κ3) is 3.75. The van der Waals surface area contributed by atoms with Crippen LogP contribution in [0, 0.1) is 23.2 Å². The molecule has 1 fully saturated rings. The molecule has 4 heteroatoms. The van der Waals surface area contributed by atoms with Gasteiger partial charge in [-0.25, -0.2) is 0 Å². The molecule has 0 bridgehead atoms. The highest BCUT2D eigenvalue weighted by Crippen LogP contribution is 2.23. The molecule has 4 nitrogen and oxygen atoms in total. The first-order chi connectivity index (χ1) is 10.2. The van der Waals surface area contributed by atoms with Crippen LogP contribution in [0.2, 0.25) is 0 Å². The Balaban J connectivity index is 2.06. The standard InChI is InChI=1S/C17H22N2O2/c1-13-7-9-19(10-8-13)17(20)15(12-18)11-14-5-3-4-6-16(14)21-2/h3-6,13,15H,7-11H2,1-2H3. The Morgan fingerprint density at radius 1 is 1.43 bits per heavy atom. The van der Waals surface area contributed by atoms with Crippen LogP contribution in [0.5, 0.6) is 5.75 Å². The maximum absolute atomic E-state index is 12.5. The summed E-state index contributed by atoms with van der Waals surface area (Å²) >= 11 is 0. The summed E-state index contributed by atoms with van der Waals surface area (Å²) in [7, 11) is 1.61. The Labute approximate surface area is 126 Å². The number of carbonyl (C=O) groups excluding carboxylic acids is 1. The van der Waals surface area contributed by atoms with Gasteiger partial charge in [-0.3, -0.25) is 4.79 Å². The maximum Gasteiger partial charge on any atom is 0.240 e. The van der Waals surface area contributed by atoms with Gasteiger partial charge in [0.25, 0.3) is 0 Å². The van der Waals surface area contributed by atoms with E-state index in [9.17, 15) is 10.1 Å². The van der Waals surface area contributed by atoms with Gasteiger partial charge >= 0.3 is 0 Å². The third-order valence-electron chi connectivity index (χ3n) is 4.17. The fourth-order valence-electron chi connectivity index (χ4n) is 2.73. The first-order valence-electron chi connectivity index (χ1n) is 7.46. The molecule has 0 N–H and O–H groups in total. The molecule has 1 heterocycles. The van der Waals surface area contributed by atoms with Crippen LogP contribution in [-0.4, -0.2) is 31.0 Å². The lowest BCUT2D eigenvalue weighted by atomic mass is 9.95. The number of hydrogen-bond acceptors (Lipinski definition) is 3. The predicted octanol–water partition coefficient (Wildman–Crippen LogP) is 2.64. The van der Waals surface area contributed by atoms with Gasteiger partial charge in [-0.2, -0.15) is 5.26 Å². The van der Waals surface area contributed by atoms with Gasteiger partial charge in [0.1, 0.15) is 11.7 Å². The number of nitriles is 1. The lowest BCUT2D eigenvalue weighted by Gasteiger charge is -2.31. The van der Waals surface area contributed by atoms with Crippen molar-refractivity contribution < 1.29 is 9.53 Å². The highest BCUT2D eigenvalue weighted by molar-refractivity contribution is 5.81. The smallest absolute Gasteiger partial charge is 0.240 e. The largest absolute Gasteiger partial charge is 0.496 e. The number of amides is 1. The maximum atomic E-state index is 12.5. The molecule has 21 heavy (non-hydrogen) atoms. The number of para-hydroxylation sites is 1. The van der Waals surface area contributed by atoms with Gasteiger partial charge < -0.3 is 9.64 Å². The van der Waals surface area contributed by atoms with Crippen LogP contribution >= 0.6 is 0 Å². The summed E-state index contributed by atoms with van der Waals surface area (Å²) in [6.07, 6.45) is 2.46. The second kappa shape index (κ2) is 7.12. The zero-order valence-corrected chi connectivity index (χ0v) is 12.7. The topological polar surface area (TPSA) is 53.3 Å². The summed E-state index contributed by atoms with van der Waals surface area (Å²) in [5.41, 5.74) is 0.908. The number of nitrogens with zero attached hydrogens (tertiary/aromatic N) is 2. The normalized spacial score (nSPS) is 17.1. The molecule has 1 amide bonds. The number of hydrogen-bond donors (Lipinski definition) is 0. The van der Waals surface area contributed by atoms with E-state index in [0.29, 0.717) is 12.3 Å². The van der Waals surface area contributed by atoms with Gasteiger partial charge in [-0.15, -0.1) is 0 Å². The quantitative estimate of drug-likeness (QED) is 0.855. The van der Waals surface area contributed by atoms with Gasteiger partial charge in [-0.1, -0.05) is 25.1 Å². The van der Waals surface area contributed by atoms with E-state index in [-0.39, 0.29) is 5.91 Å². The van der Waals surface area contributed by atoms with E-state index in [4.69, 9.17) is 4.74 Å². The van der Waals surface area contributed by atoms with Crippen molar-refractivity contribution in [2.45, 2.75) is 26.2 Å². The molecule has 1 aromatic rings. The first-order valence-corrected chi connectivity index (χ1v) is 7.46. The second-order valence-corrected chi connectivity index (χ2v) is 5.71. The molecular weight excluding hydrogens is 264 g/mol. The summed E-state index contributed by atoms with van der Waals surface area (Å²) in [5.74, 6) is 0.728. The van der Waals surface area contributed by atoms with Crippen molar-refractivity contribution in [2.24, 2.45) is 11.8 Å². The number of benzene rings is 1. The monoisotopic (exact) mass is 286 g/mol. The molecule has 2 rings (SSSR count). The van der Waals surface area contributed by atoms with Crippen molar-refractivity contribution in [2.75, 3.05) is 20.2 Å². The first kappa shape index (κ1) is 15.4. The zero-order chi connectivity index (χ0) is 15.2. The SMILES string of the molecule is COc1ccccc1CC(C#N)C(=O)N1CCC(C)CC1. The van der Waals surface area contributed by atoms with Gasteiger partial charge in [0.15, 0.2) is 0 Å².